The maximum Gasteiger partial charge on any atom is 0.144 e. The summed E-state index contributed by atoms with van der Waals surface area (Å²) in [5.74, 6) is 0.124. The van der Waals surface area contributed by atoms with E-state index >= 15 is 0 Å². The second-order valence-corrected chi connectivity index (χ2v) is 4.74. The molecule has 88 valence electrons. The van der Waals surface area contributed by atoms with Gasteiger partial charge in [0.05, 0.1) is 19.0 Å². The van der Waals surface area contributed by atoms with Gasteiger partial charge in [-0.2, -0.15) is 0 Å². The summed E-state index contributed by atoms with van der Waals surface area (Å²) in [7, 11) is -2.33. The number of benzene rings is 1. The first-order valence-electron chi connectivity index (χ1n) is 5.29. The Morgan fingerprint density at radius 2 is 1.75 bits per heavy atom. The van der Waals surface area contributed by atoms with Crippen molar-refractivity contribution in [1.82, 2.24) is 0 Å². The molecule has 0 atom stereocenters. The molecule has 1 heterocycles. The van der Waals surface area contributed by atoms with Gasteiger partial charge in [0.15, 0.2) is 0 Å². The van der Waals surface area contributed by atoms with Gasteiger partial charge in [-0.3, -0.25) is 0 Å². The third kappa shape index (κ3) is 2.96. The van der Waals surface area contributed by atoms with Crippen LogP contribution in [-0.2, 0) is 21.2 Å². The summed E-state index contributed by atoms with van der Waals surface area (Å²) in [5.41, 5.74) is 1.97. The van der Waals surface area contributed by atoms with Crippen molar-refractivity contribution in [3.8, 4) is 0 Å². The molecule has 5 heteroatoms. The topological polar surface area (TPSA) is 46.6 Å². The van der Waals surface area contributed by atoms with Gasteiger partial charge in [-0.05, 0) is 17.7 Å². The Hall–Kier alpha value is -1.07. The molecule has 16 heavy (non-hydrogen) atoms. The van der Waals surface area contributed by atoms with E-state index in [0.29, 0.717) is 0 Å². The molecule has 0 bridgehead atoms. The Morgan fingerprint density at radius 1 is 1.12 bits per heavy atom. The fraction of sp³-hybridized carbons (Fsp3) is 0.455. The summed E-state index contributed by atoms with van der Waals surface area (Å²) in [6.07, 6.45) is 0. The summed E-state index contributed by atoms with van der Waals surface area (Å²) in [6.45, 7) is 3.31. The van der Waals surface area contributed by atoms with Crippen molar-refractivity contribution in [1.29, 1.82) is 0 Å². The largest absolute Gasteiger partial charge is 0.378 e. The number of ether oxygens (including phenoxy) is 1. The fourth-order valence-corrected chi connectivity index (χ4v) is 2.29. The Labute approximate surface area is 96.8 Å². The highest BCUT2D eigenvalue weighted by Crippen LogP contribution is 2.16. The van der Waals surface area contributed by atoms with Gasteiger partial charge in [-0.15, -0.1) is 0 Å². The van der Waals surface area contributed by atoms with Crippen molar-refractivity contribution in [3.05, 3.63) is 29.8 Å². The molecule has 1 aliphatic heterocycles. The zero-order valence-electron chi connectivity index (χ0n) is 8.96. The monoisotopic (exact) mass is 241 g/mol. The van der Waals surface area contributed by atoms with Crippen LogP contribution >= 0.6 is 0 Å². The third-order valence-corrected chi connectivity index (χ3v) is 3.25. The molecule has 1 aliphatic rings. The number of thiol groups is 1. The number of hydrogen-bond donors (Lipinski definition) is 1. The van der Waals surface area contributed by atoms with Crippen LogP contribution in [0.15, 0.2) is 24.3 Å². The van der Waals surface area contributed by atoms with Gasteiger partial charge in [-0.1, -0.05) is 12.1 Å². The Bertz CT molecular complexity index is 400. The molecule has 1 fully saturated rings. The highest BCUT2D eigenvalue weighted by Gasteiger charge is 2.10. The first-order chi connectivity index (χ1) is 7.75. The Morgan fingerprint density at radius 3 is 2.31 bits per heavy atom. The summed E-state index contributed by atoms with van der Waals surface area (Å²) in [5, 5.41) is 0. The van der Waals surface area contributed by atoms with Crippen LogP contribution in [0.1, 0.15) is 5.56 Å². The van der Waals surface area contributed by atoms with Crippen molar-refractivity contribution in [3.63, 3.8) is 0 Å². The summed E-state index contributed by atoms with van der Waals surface area (Å²) >= 11 is 0. The van der Waals surface area contributed by atoms with Crippen LogP contribution in [0.3, 0.4) is 0 Å². The quantitative estimate of drug-likeness (QED) is 0.789. The van der Waals surface area contributed by atoms with Crippen molar-refractivity contribution in [2.45, 2.75) is 5.75 Å². The lowest BCUT2D eigenvalue weighted by Crippen LogP contribution is -2.36. The lowest BCUT2D eigenvalue weighted by atomic mass is 10.2. The molecule has 0 amide bonds. The fourth-order valence-electron chi connectivity index (χ4n) is 1.78. The lowest BCUT2D eigenvalue weighted by Gasteiger charge is -2.28. The number of morpholine rings is 1. The van der Waals surface area contributed by atoms with Crippen molar-refractivity contribution >= 4 is 16.4 Å². The molecule has 1 aromatic rings. The minimum atomic E-state index is -2.33. The minimum Gasteiger partial charge on any atom is -0.378 e. The van der Waals surface area contributed by atoms with Crippen LogP contribution in [0.4, 0.5) is 5.69 Å². The van der Waals surface area contributed by atoms with E-state index in [4.69, 9.17) is 4.74 Å². The van der Waals surface area contributed by atoms with E-state index in [1.165, 1.54) is 0 Å². The zero-order chi connectivity index (χ0) is 11.4. The van der Waals surface area contributed by atoms with E-state index in [0.717, 1.165) is 37.6 Å². The highest BCUT2D eigenvalue weighted by molar-refractivity contribution is 7.71. The minimum absolute atomic E-state index is 0.124. The SMILES string of the molecule is O=[SH](=O)Cc1ccc(N2CCOCC2)cc1. The second-order valence-electron chi connectivity index (χ2n) is 3.76. The van der Waals surface area contributed by atoms with Crippen molar-refractivity contribution in [2.24, 2.45) is 0 Å². The maximum absolute atomic E-state index is 10.6. The molecule has 0 spiro atoms. The smallest absolute Gasteiger partial charge is 0.144 e. The van der Waals surface area contributed by atoms with E-state index in [-0.39, 0.29) is 5.75 Å². The van der Waals surface area contributed by atoms with Crippen LogP contribution in [0.2, 0.25) is 0 Å². The number of hydrogen-bond acceptors (Lipinski definition) is 4. The van der Waals surface area contributed by atoms with Crippen molar-refractivity contribution in [2.75, 3.05) is 31.2 Å². The second kappa shape index (κ2) is 5.32. The van der Waals surface area contributed by atoms with Crippen molar-refractivity contribution < 1.29 is 13.2 Å². The molecule has 4 nitrogen and oxygen atoms in total. The number of rotatable bonds is 3. The standard InChI is InChI=1S/C11H15NO3S/c13-16(14)9-10-1-3-11(4-2-10)12-5-7-15-8-6-12/h1-4,16H,5-9H2. The van der Waals surface area contributed by atoms with Crippen LogP contribution < -0.4 is 4.90 Å². The normalized spacial score (nSPS) is 16.7. The first kappa shape index (κ1) is 11.4. The zero-order valence-corrected chi connectivity index (χ0v) is 9.86. The predicted molar refractivity (Wildman–Crippen MR) is 63.5 cm³/mol. The van der Waals surface area contributed by atoms with Gasteiger partial charge >= 0.3 is 0 Å². The molecular formula is C11H15NO3S. The summed E-state index contributed by atoms with van der Waals surface area (Å²) in [4.78, 5) is 2.24. The van der Waals surface area contributed by atoms with Gasteiger partial charge in [-0.25, -0.2) is 8.42 Å². The molecule has 0 N–H and O–H groups in total. The number of nitrogens with zero attached hydrogens (tertiary/aromatic N) is 1. The molecule has 0 aromatic heterocycles. The molecule has 2 rings (SSSR count). The van der Waals surface area contributed by atoms with E-state index in [1.54, 1.807) is 0 Å². The Kier molecular flexibility index (Phi) is 3.79. The van der Waals surface area contributed by atoms with Gasteiger partial charge in [0.1, 0.15) is 10.7 Å². The molecule has 1 saturated heterocycles. The number of anilines is 1. The summed E-state index contributed by atoms with van der Waals surface area (Å²) in [6, 6.07) is 7.69. The van der Waals surface area contributed by atoms with E-state index in [9.17, 15) is 8.42 Å². The van der Waals surface area contributed by atoms with Crippen LogP contribution in [0, 0.1) is 0 Å². The third-order valence-electron chi connectivity index (χ3n) is 2.62. The predicted octanol–water partition coefficient (Wildman–Crippen LogP) is 0.635. The van der Waals surface area contributed by atoms with Crippen LogP contribution in [0.5, 0.6) is 0 Å². The molecule has 1 aromatic carbocycles. The molecule has 0 saturated carbocycles. The lowest BCUT2D eigenvalue weighted by molar-refractivity contribution is 0.122. The maximum atomic E-state index is 10.6. The average molecular weight is 241 g/mol. The molecule has 0 radical (unpaired) electrons. The average Bonchev–Trinajstić information content (AvgIpc) is 2.30. The Balaban J connectivity index is 2.05. The van der Waals surface area contributed by atoms with E-state index < -0.39 is 10.7 Å². The van der Waals surface area contributed by atoms with Gasteiger partial charge in [0, 0.05) is 18.8 Å². The van der Waals surface area contributed by atoms with E-state index in [2.05, 4.69) is 4.90 Å². The van der Waals surface area contributed by atoms with Gasteiger partial charge in [0.25, 0.3) is 0 Å². The highest BCUT2D eigenvalue weighted by atomic mass is 32.2. The van der Waals surface area contributed by atoms with E-state index in [1.807, 2.05) is 24.3 Å². The molecular weight excluding hydrogens is 226 g/mol. The van der Waals surface area contributed by atoms with Gasteiger partial charge < -0.3 is 9.64 Å². The summed E-state index contributed by atoms with van der Waals surface area (Å²) < 4.78 is 26.4. The molecule has 0 aliphatic carbocycles. The van der Waals surface area contributed by atoms with Crippen LogP contribution in [-0.4, -0.2) is 34.7 Å². The molecule has 0 unspecified atom stereocenters. The van der Waals surface area contributed by atoms with Gasteiger partial charge in [0.2, 0.25) is 0 Å². The first-order valence-corrected chi connectivity index (χ1v) is 6.65. The van der Waals surface area contributed by atoms with Crippen LogP contribution in [0.25, 0.3) is 0 Å².